The van der Waals surface area contributed by atoms with Gasteiger partial charge in [-0.15, -0.1) is 0 Å². The van der Waals surface area contributed by atoms with E-state index in [4.69, 9.17) is 0 Å². The van der Waals surface area contributed by atoms with Crippen LogP contribution < -0.4 is 5.32 Å². The largest absolute Gasteiger partial charge is 0.309 e. The molecule has 0 amide bonds. The predicted octanol–water partition coefficient (Wildman–Crippen LogP) is 3.13. The lowest BCUT2D eigenvalue weighted by atomic mass is 10.0. The van der Waals surface area contributed by atoms with Crippen molar-refractivity contribution in [3.8, 4) is 11.3 Å². The highest BCUT2D eigenvalue weighted by Gasteiger charge is 2.20. The average molecular weight is 255 g/mol. The van der Waals surface area contributed by atoms with E-state index < -0.39 is 0 Å². The van der Waals surface area contributed by atoms with E-state index in [1.165, 1.54) is 40.9 Å². The van der Waals surface area contributed by atoms with Gasteiger partial charge in [0, 0.05) is 12.6 Å². The van der Waals surface area contributed by atoms with Crippen molar-refractivity contribution >= 4 is 0 Å². The molecule has 0 bridgehead atoms. The summed E-state index contributed by atoms with van der Waals surface area (Å²) in [5.41, 5.74) is 6.30. The zero-order valence-electron chi connectivity index (χ0n) is 11.9. The molecule has 19 heavy (non-hydrogen) atoms. The number of aromatic nitrogens is 2. The van der Waals surface area contributed by atoms with Crippen molar-refractivity contribution in [1.82, 2.24) is 15.1 Å². The zero-order chi connectivity index (χ0) is 13.4. The molecule has 1 N–H and O–H groups in total. The number of hydrogen-bond donors (Lipinski definition) is 1. The molecule has 1 unspecified atom stereocenters. The minimum absolute atomic E-state index is 0.437. The van der Waals surface area contributed by atoms with Crippen molar-refractivity contribution in [2.75, 3.05) is 6.54 Å². The van der Waals surface area contributed by atoms with Crippen molar-refractivity contribution in [3.05, 3.63) is 41.1 Å². The standard InChI is InChI=1S/C16H21N3/c1-11-6-7-13(9-12(11)2)16-10-15(18-19(16)3)14-5-4-8-17-14/h6-7,9-10,14,17H,4-5,8H2,1-3H3. The topological polar surface area (TPSA) is 29.9 Å². The number of nitrogens with one attached hydrogen (secondary N) is 1. The van der Waals surface area contributed by atoms with Gasteiger partial charge in [0.2, 0.25) is 0 Å². The lowest BCUT2D eigenvalue weighted by Gasteiger charge is -2.05. The van der Waals surface area contributed by atoms with E-state index in [-0.39, 0.29) is 0 Å². The molecule has 100 valence electrons. The summed E-state index contributed by atoms with van der Waals surface area (Å²) in [5.74, 6) is 0. The van der Waals surface area contributed by atoms with Gasteiger partial charge in [-0.2, -0.15) is 5.10 Å². The Kier molecular flexibility index (Phi) is 3.15. The van der Waals surface area contributed by atoms with Crippen LogP contribution in [0.3, 0.4) is 0 Å². The fourth-order valence-corrected chi connectivity index (χ4v) is 2.77. The molecule has 1 fully saturated rings. The highest BCUT2D eigenvalue weighted by Crippen LogP contribution is 2.27. The molecule has 0 saturated carbocycles. The van der Waals surface area contributed by atoms with Crippen molar-refractivity contribution in [3.63, 3.8) is 0 Å². The molecular formula is C16H21N3. The molecule has 0 spiro atoms. The van der Waals surface area contributed by atoms with E-state index >= 15 is 0 Å². The monoisotopic (exact) mass is 255 g/mol. The van der Waals surface area contributed by atoms with Crippen LogP contribution in [-0.2, 0) is 7.05 Å². The normalized spacial score (nSPS) is 19.0. The minimum atomic E-state index is 0.437. The van der Waals surface area contributed by atoms with Gasteiger partial charge in [0.1, 0.15) is 0 Å². The molecule has 3 heteroatoms. The van der Waals surface area contributed by atoms with Crippen molar-refractivity contribution in [2.45, 2.75) is 32.7 Å². The van der Waals surface area contributed by atoms with Crippen molar-refractivity contribution in [2.24, 2.45) is 7.05 Å². The molecule has 1 saturated heterocycles. The van der Waals surface area contributed by atoms with Gasteiger partial charge < -0.3 is 5.32 Å². The zero-order valence-corrected chi connectivity index (χ0v) is 11.9. The minimum Gasteiger partial charge on any atom is -0.309 e. The Bertz CT molecular complexity index is 592. The first-order valence-electron chi connectivity index (χ1n) is 7.00. The van der Waals surface area contributed by atoms with Gasteiger partial charge in [0.15, 0.2) is 0 Å². The molecule has 1 aromatic heterocycles. The Hall–Kier alpha value is -1.61. The van der Waals surface area contributed by atoms with Crippen LogP contribution in [0.5, 0.6) is 0 Å². The second-order valence-corrected chi connectivity index (χ2v) is 5.53. The molecule has 3 rings (SSSR count). The Morgan fingerprint density at radius 3 is 2.74 bits per heavy atom. The molecular weight excluding hydrogens is 234 g/mol. The summed E-state index contributed by atoms with van der Waals surface area (Å²) in [7, 11) is 2.03. The SMILES string of the molecule is Cc1ccc(-c2cc(C3CCCN3)nn2C)cc1C. The van der Waals surface area contributed by atoms with Gasteiger partial charge in [-0.25, -0.2) is 0 Å². The first-order valence-corrected chi connectivity index (χ1v) is 7.00. The maximum atomic E-state index is 4.68. The Balaban J connectivity index is 1.97. The number of benzene rings is 1. The third-order valence-electron chi connectivity index (χ3n) is 4.12. The van der Waals surface area contributed by atoms with Crippen LogP contribution in [0.2, 0.25) is 0 Å². The summed E-state index contributed by atoms with van der Waals surface area (Å²) in [6, 6.07) is 9.29. The van der Waals surface area contributed by atoms with Gasteiger partial charge in [-0.05, 0) is 56.5 Å². The van der Waals surface area contributed by atoms with E-state index in [0.29, 0.717) is 6.04 Å². The highest BCUT2D eigenvalue weighted by molar-refractivity contribution is 5.62. The summed E-state index contributed by atoms with van der Waals surface area (Å²) in [6.07, 6.45) is 2.45. The van der Waals surface area contributed by atoms with Gasteiger partial charge >= 0.3 is 0 Å². The smallest absolute Gasteiger partial charge is 0.0800 e. The molecule has 1 aromatic carbocycles. The molecule has 2 aromatic rings. The molecule has 1 atom stereocenters. The van der Waals surface area contributed by atoms with E-state index in [1.807, 2.05) is 11.7 Å². The Morgan fingerprint density at radius 1 is 1.21 bits per heavy atom. The summed E-state index contributed by atoms with van der Waals surface area (Å²) >= 11 is 0. The van der Waals surface area contributed by atoms with Crippen LogP contribution in [0.25, 0.3) is 11.3 Å². The van der Waals surface area contributed by atoms with Crippen LogP contribution >= 0.6 is 0 Å². The first-order chi connectivity index (χ1) is 9.15. The van der Waals surface area contributed by atoms with E-state index in [1.54, 1.807) is 0 Å². The van der Waals surface area contributed by atoms with Crippen LogP contribution in [-0.4, -0.2) is 16.3 Å². The average Bonchev–Trinajstić information content (AvgIpc) is 3.01. The Labute approximate surface area is 114 Å². The van der Waals surface area contributed by atoms with Crippen LogP contribution in [0.1, 0.15) is 35.7 Å². The molecule has 0 radical (unpaired) electrons. The van der Waals surface area contributed by atoms with Crippen LogP contribution in [0, 0.1) is 13.8 Å². The lowest BCUT2D eigenvalue weighted by molar-refractivity contribution is 0.607. The fraction of sp³-hybridized carbons (Fsp3) is 0.438. The molecule has 3 nitrogen and oxygen atoms in total. The maximum absolute atomic E-state index is 4.68. The maximum Gasteiger partial charge on any atom is 0.0800 e. The van der Waals surface area contributed by atoms with Gasteiger partial charge in [-0.1, -0.05) is 12.1 Å². The number of aryl methyl sites for hydroxylation is 3. The molecule has 2 heterocycles. The van der Waals surface area contributed by atoms with Gasteiger partial charge in [0.25, 0.3) is 0 Å². The van der Waals surface area contributed by atoms with E-state index in [9.17, 15) is 0 Å². The third-order valence-corrected chi connectivity index (χ3v) is 4.12. The quantitative estimate of drug-likeness (QED) is 0.893. The van der Waals surface area contributed by atoms with E-state index in [0.717, 1.165) is 6.54 Å². The third kappa shape index (κ3) is 2.30. The van der Waals surface area contributed by atoms with Gasteiger partial charge in [-0.3, -0.25) is 4.68 Å². The number of nitrogens with zero attached hydrogens (tertiary/aromatic N) is 2. The number of hydrogen-bond acceptors (Lipinski definition) is 2. The number of rotatable bonds is 2. The molecule has 0 aliphatic carbocycles. The second kappa shape index (κ2) is 4.82. The molecule has 1 aliphatic rings. The second-order valence-electron chi connectivity index (χ2n) is 5.53. The summed E-state index contributed by atoms with van der Waals surface area (Å²) in [5, 5.41) is 8.18. The van der Waals surface area contributed by atoms with Gasteiger partial charge in [0.05, 0.1) is 17.4 Å². The highest BCUT2D eigenvalue weighted by atomic mass is 15.3. The summed E-state index contributed by atoms with van der Waals surface area (Å²) in [6.45, 7) is 5.42. The summed E-state index contributed by atoms with van der Waals surface area (Å²) in [4.78, 5) is 0. The summed E-state index contributed by atoms with van der Waals surface area (Å²) < 4.78 is 2.00. The van der Waals surface area contributed by atoms with Crippen molar-refractivity contribution < 1.29 is 0 Å². The molecule has 1 aliphatic heterocycles. The van der Waals surface area contributed by atoms with Crippen molar-refractivity contribution in [1.29, 1.82) is 0 Å². The Morgan fingerprint density at radius 2 is 2.05 bits per heavy atom. The lowest BCUT2D eigenvalue weighted by Crippen LogP contribution is -2.13. The van der Waals surface area contributed by atoms with Crippen LogP contribution in [0.15, 0.2) is 24.3 Å². The van der Waals surface area contributed by atoms with E-state index in [2.05, 4.69) is 48.5 Å². The van der Waals surface area contributed by atoms with Crippen LogP contribution in [0.4, 0.5) is 0 Å². The first kappa shape index (κ1) is 12.4. The predicted molar refractivity (Wildman–Crippen MR) is 78.1 cm³/mol. The fourth-order valence-electron chi connectivity index (χ4n) is 2.77.